The van der Waals surface area contributed by atoms with Crippen LogP contribution in [0.4, 0.5) is 0 Å². The van der Waals surface area contributed by atoms with Crippen LogP contribution in [0.2, 0.25) is 0 Å². The molecule has 4 nitrogen and oxygen atoms in total. The molecule has 0 aromatic carbocycles. The lowest BCUT2D eigenvalue weighted by Crippen LogP contribution is -2.43. The minimum atomic E-state index is 0.482. The van der Waals surface area contributed by atoms with Crippen LogP contribution in [0, 0.1) is 0 Å². The number of rotatable bonds is 1. The fraction of sp³-hybridized carbons (Fsp3) is 0.600. The molecule has 100 valence electrons. The van der Waals surface area contributed by atoms with Crippen molar-refractivity contribution in [1.82, 2.24) is 15.2 Å². The maximum absolute atomic E-state index is 4.71. The van der Waals surface area contributed by atoms with Gasteiger partial charge in [-0.1, -0.05) is 12.8 Å². The van der Waals surface area contributed by atoms with Crippen molar-refractivity contribution < 1.29 is 0 Å². The fourth-order valence-electron chi connectivity index (χ4n) is 3.86. The molecule has 19 heavy (non-hydrogen) atoms. The Morgan fingerprint density at radius 2 is 1.95 bits per heavy atom. The van der Waals surface area contributed by atoms with Crippen molar-refractivity contribution in [3.63, 3.8) is 0 Å². The summed E-state index contributed by atoms with van der Waals surface area (Å²) >= 11 is 0. The second kappa shape index (κ2) is 4.51. The molecule has 0 bridgehead atoms. The summed E-state index contributed by atoms with van der Waals surface area (Å²) < 4.78 is 0. The third-order valence-electron chi connectivity index (χ3n) is 4.74. The van der Waals surface area contributed by atoms with Crippen LogP contribution in [0.15, 0.2) is 29.5 Å². The van der Waals surface area contributed by atoms with E-state index in [1.54, 1.807) is 0 Å². The monoisotopic (exact) mass is 256 g/mol. The van der Waals surface area contributed by atoms with Gasteiger partial charge in [0.05, 0.1) is 12.1 Å². The molecule has 1 aliphatic carbocycles. The van der Waals surface area contributed by atoms with Gasteiger partial charge in [0.2, 0.25) is 0 Å². The van der Waals surface area contributed by atoms with Gasteiger partial charge in [-0.05, 0) is 37.0 Å². The third kappa shape index (κ3) is 1.81. The molecular weight excluding hydrogens is 236 g/mol. The minimum absolute atomic E-state index is 0.482. The van der Waals surface area contributed by atoms with Crippen molar-refractivity contribution in [2.24, 2.45) is 4.99 Å². The first kappa shape index (κ1) is 11.3. The first-order valence-corrected chi connectivity index (χ1v) is 7.43. The highest BCUT2D eigenvalue weighted by molar-refractivity contribution is 5.84. The molecule has 3 atom stereocenters. The van der Waals surface area contributed by atoms with Gasteiger partial charge in [-0.3, -0.25) is 9.98 Å². The van der Waals surface area contributed by atoms with Gasteiger partial charge in [0.25, 0.3) is 0 Å². The Kier molecular flexibility index (Phi) is 2.67. The molecule has 2 aliphatic heterocycles. The molecule has 3 unspecified atom stereocenters. The zero-order valence-electron chi connectivity index (χ0n) is 11.1. The van der Waals surface area contributed by atoms with Gasteiger partial charge < -0.3 is 10.2 Å². The summed E-state index contributed by atoms with van der Waals surface area (Å²) in [5.74, 6) is 1.14. The van der Waals surface area contributed by atoms with Crippen LogP contribution in [0.25, 0.3) is 0 Å². The number of nitrogens with zero attached hydrogens (tertiary/aromatic N) is 3. The summed E-state index contributed by atoms with van der Waals surface area (Å²) in [5.41, 5.74) is 1.38. The molecule has 0 radical (unpaired) electrons. The lowest BCUT2D eigenvalue weighted by molar-refractivity contribution is 0.188. The lowest BCUT2D eigenvalue weighted by atomic mass is 9.89. The first-order valence-electron chi connectivity index (χ1n) is 7.43. The third-order valence-corrected chi connectivity index (χ3v) is 4.74. The summed E-state index contributed by atoms with van der Waals surface area (Å²) in [6.07, 6.45) is 10.2. The van der Waals surface area contributed by atoms with Gasteiger partial charge >= 0.3 is 0 Å². The Hall–Kier alpha value is -1.58. The Bertz CT molecular complexity index is 484. The average Bonchev–Trinajstić information content (AvgIpc) is 2.86. The van der Waals surface area contributed by atoms with Gasteiger partial charge in [-0.25, -0.2) is 0 Å². The summed E-state index contributed by atoms with van der Waals surface area (Å²) in [7, 11) is 0. The van der Waals surface area contributed by atoms with Crippen LogP contribution in [0.3, 0.4) is 0 Å². The quantitative estimate of drug-likeness (QED) is 0.836. The van der Waals surface area contributed by atoms with Crippen LogP contribution in [0.1, 0.15) is 43.7 Å². The van der Waals surface area contributed by atoms with Gasteiger partial charge in [0.1, 0.15) is 0 Å². The summed E-state index contributed by atoms with van der Waals surface area (Å²) in [6.45, 7) is 0.936. The molecule has 1 aromatic rings. The Balaban J connectivity index is 1.68. The maximum Gasteiger partial charge on any atom is 0.195 e. The SMILES string of the molecule is c1cc(C2CCN=C3NC4CCCCC4N32)ccn1. The van der Waals surface area contributed by atoms with E-state index in [1.807, 2.05) is 12.4 Å². The topological polar surface area (TPSA) is 40.5 Å². The molecule has 1 N–H and O–H groups in total. The van der Waals surface area contributed by atoms with E-state index in [9.17, 15) is 0 Å². The van der Waals surface area contributed by atoms with Gasteiger partial charge in [0.15, 0.2) is 5.96 Å². The van der Waals surface area contributed by atoms with Crippen LogP contribution >= 0.6 is 0 Å². The van der Waals surface area contributed by atoms with Crippen molar-refractivity contribution in [2.75, 3.05) is 6.54 Å². The van der Waals surface area contributed by atoms with Crippen LogP contribution in [0.5, 0.6) is 0 Å². The zero-order chi connectivity index (χ0) is 12.7. The Labute approximate surface area is 113 Å². The zero-order valence-corrected chi connectivity index (χ0v) is 11.1. The average molecular weight is 256 g/mol. The number of aromatic nitrogens is 1. The van der Waals surface area contributed by atoms with Crippen molar-refractivity contribution in [1.29, 1.82) is 0 Å². The van der Waals surface area contributed by atoms with Crippen LogP contribution in [-0.4, -0.2) is 34.5 Å². The molecule has 4 rings (SSSR count). The molecule has 1 saturated carbocycles. The second-order valence-electron chi connectivity index (χ2n) is 5.80. The Morgan fingerprint density at radius 1 is 1.11 bits per heavy atom. The molecule has 4 heteroatoms. The number of nitrogens with one attached hydrogen (secondary N) is 1. The number of hydrogen-bond acceptors (Lipinski definition) is 4. The second-order valence-corrected chi connectivity index (χ2v) is 5.80. The Morgan fingerprint density at radius 3 is 2.84 bits per heavy atom. The van der Waals surface area contributed by atoms with E-state index in [0.717, 1.165) is 18.9 Å². The van der Waals surface area contributed by atoms with Crippen LogP contribution < -0.4 is 5.32 Å². The molecular formula is C15H20N4. The molecule has 3 aliphatic rings. The predicted octanol–water partition coefficient (Wildman–Crippen LogP) is 2.10. The molecule has 1 saturated heterocycles. The fourth-order valence-corrected chi connectivity index (χ4v) is 3.86. The summed E-state index contributed by atoms with van der Waals surface area (Å²) in [5, 5.41) is 3.65. The first-order chi connectivity index (χ1) is 9.43. The number of pyridine rings is 1. The number of aliphatic imine (C=N–C) groups is 1. The van der Waals surface area contributed by atoms with Crippen molar-refractivity contribution in [3.05, 3.63) is 30.1 Å². The van der Waals surface area contributed by atoms with E-state index in [0.29, 0.717) is 18.1 Å². The van der Waals surface area contributed by atoms with Gasteiger partial charge in [0, 0.05) is 25.0 Å². The smallest absolute Gasteiger partial charge is 0.195 e. The minimum Gasteiger partial charge on any atom is -0.351 e. The van der Waals surface area contributed by atoms with E-state index in [1.165, 1.54) is 31.2 Å². The van der Waals surface area contributed by atoms with Gasteiger partial charge in [-0.15, -0.1) is 0 Å². The molecule has 0 amide bonds. The van der Waals surface area contributed by atoms with Gasteiger partial charge in [-0.2, -0.15) is 0 Å². The van der Waals surface area contributed by atoms with Crippen molar-refractivity contribution >= 4 is 5.96 Å². The largest absolute Gasteiger partial charge is 0.351 e. The van der Waals surface area contributed by atoms with E-state index >= 15 is 0 Å². The van der Waals surface area contributed by atoms with E-state index in [-0.39, 0.29) is 0 Å². The number of guanidine groups is 1. The standard InChI is InChI=1S/C15H20N4/c1-2-4-14-12(3-1)18-15-17-10-7-13(19(14)15)11-5-8-16-9-6-11/h5-6,8-9,12-14H,1-4,7,10H2,(H,17,18). The molecule has 2 fully saturated rings. The molecule has 1 aromatic heterocycles. The van der Waals surface area contributed by atoms with Crippen molar-refractivity contribution in [2.45, 2.75) is 50.2 Å². The highest BCUT2D eigenvalue weighted by Gasteiger charge is 2.43. The highest BCUT2D eigenvalue weighted by atomic mass is 15.4. The lowest BCUT2D eigenvalue weighted by Gasteiger charge is -2.38. The molecule has 0 spiro atoms. The van der Waals surface area contributed by atoms with Crippen LogP contribution in [-0.2, 0) is 0 Å². The number of hydrogen-bond donors (Lipinski definition) is 1. The maximum atomic E-state index is 4.71. The normalized spacial score (nSPS) is 33.2. The van der Waals surface area contributed by atoms with E-state index < -0.39 is 0 Å². The van der Waals surface area contributed by atoms with E-state index in [4.69, 9.17) is 4.99 Å². The summed E-state index contributed by atoms with van der Waals surface area (Å²) in [4.78, 5) is 11.4. The highest BCUT2D eigenvalue weighted by Crippen LogP contribution is 2.37. The number of fused-ring (bicyclic) bond motifs is 3. The molecule has 3 heterocycles. The predicted molar refractivity (Wildman–Crippen MR) is 74.9 cm³/mol. The van der Waals surface area contributed by atoms with E-state index in [2.05, 4.69) is 27.3 Å². The summed E-state index contributed by atoms with van der Waals surface area (Å²) in [6, 6.07) is 6.06. The van der Waals surface area contributed by atoms with Crippen molar-refractivity contribution in [3.8, 4) is 0 Å².